The molecule has 0 spiro atoms. The molecule has 2 heterocycles. The molecule has 0 fully saturated rings. The molecule has 1 N–H and O–H groups in total. The molecule has 2 aromatic heterocycles. The van der Waals surface area contributed by atoms with E-state index in [1.54, 1.807) is 37.7 Å². The number of benzene rings is 1. The Morgan fingerprint density at radius 3 is 2.28 bits per heavy atom. The second kappa shape index (κ2) is 7.00. The summed E-state index contributed by atoms with van der Waals surface area (Å²) in [5.74, 6) is 0.0316. The third kappa shape index (κ3) is 3.28. The van der Waals surface area contributed by atoms with Crippen LogP contribution in [-0.4, -0.2) is 30.2 Å². The van der Waals surface area contributed by atoms with Crippen LogP contribution in [0.2, 0.25) is 0 Å². The molecule has 6 nitrogen and oxygen atoms in total. The van der Waals surface area contributed by atoms with Gasteiger partial charge in [-0.25, -0.2) is 4.79 Å². The molecule has 0 aliphatic carbocycles. The van der Waals surface area contributed by atoms with Gasteiger partial charge in [-0.3, -0.25) is 9.78 Å². The van der Waals surface area contributed by atoms with Gasteiger partial charge >= 0.3 is 5.97 Å². The van der Waals surface area contributed by atoms with Gasteiger partial charge < -0.3 is 14.5 Å². The van der Waals surface area contributed by atoms with Crippen LogP contribution in [0.5, 0.6) is 5.75 Å². The van der Waals surface area contributed by atoms with Gasteiger partial charge in [0.15, 0.2) is 0 Å². The van der Waals surface area contributed by atoms with Crippen LogP contribution >= 0.6 is 0 Å². The Bertz CT molecular complexity index is 947. The first-order chi connectivity index (χ1) is 12.1. The second-order valence-corrected chi connectivity index (χ2v) is 5.26. The van der Waals surface area contributed by atoms with Crippen molar-refractivity contribution in [2.75, 3.05) is 14.2 Å². The molecule has 0 unspecified atom stereocenters. The van der Waals surface area contributed by atoms with Gasteiger partial charge in [-0.15, -0.1) is 0 Å². The fourth-order valence-electron chi connectivity index (χ4n) is 2.54. The zero-order chi connectivity index (χ0) is 17.8. The quantitative estimate of drug-likeness (QED) is 0.741. The molecule has 0 bridgehead atoms. The Morgan fingerprint density at radius 2 is 1.68 bits per heavy atom. The molecule has 3 rings (SSSR count). The second-order valence-electron chi connectivity index (χ2n) is 5.26. The summed E-state index contributed by atoms with van der Waals surface area (Å²) in [6, 6.07) is 12.5. The normalized spacial score (nSPS) is 10.3. The van der Waals surface area contributed by atoms with E-state index in [9.17, 15) is 9.59 Å². The summed E-state index contributed by atoms with van der Waals surface area (Å²) >= 11 is 0. The number of aromatic nitrogens is 2. The highest BCUT2D eigenvalue weighted by Gasteiger charge is 2.17. The lowest BCUT2D eigenvalue weighted by Crippen LogP contribution is -2.19. The van der Waals surface area contributed by atoms with Crippen molar-refractivity contribution in [1.29, 1.82) is 0 Å². The minimum atomic E-state index is -0.683. The fraction of sp³-hybridized carbons (Fsp3) is 0.105. The maximum atomic E-state index is 12.3. The third-order valence-corrected chi connectivity index (χ3v) is 3.82. The van der Waals surface area contributed by atoms with E-state index >= 15 is 0 Å². The van der Waals surface area contributed by atoms with Gasteiger partial charge in [0, 0.05) is 23.5 Å². The Kier molecular flexibility index (Phi) is 4.61. The Labute approximate surface area is 144 Å². The van der Waals surface area contributed by atoms with E-state index in [1.165, 1.54) is 7.11 Å². The lowest BCUT2D eigenvalue weighted by molar-refractivity contribution is 0.0599. The predicted octanol–water partition coefficient (Wildman–Crippen LogP) is 2.90. The average Bonchev–Trinajstić information content (AvgIpc) is 2.68. The summed E-state index contributed by atoms with van der Waals surface area (Å²) in [6.07, 6.45) is 3.28. The number of hydrogen-bond donors (Lipinski definition) is 1. The predicted molar refractivity (Wildman–Crippen MR) is 93.6 cm³/mol. The topological polar surface area (TPSA) is 81.3 Å². The highest BCUT2D eigenvalue weighted by molar-refractivity contribution is 5.92. The van der Waals surface area contributed by atoms with Crippen LogP contribution in [0, 0.1) is 0 Å². The van der Waals surface area contributed by atoms with Crippen LogP contribution < -0.4 is 10.3 Å². The molecule has 0 aliphatic heterocycles. The van der Waals surface area contributed by atoms with Gasteiger partial charge in [0.1, 0.15) is 11.3 Å². The summed E-state index contributed by atoms with van der Waals surface area (Å²) in [5.41, 5.74) is 2.37. The van der Waals surface area contributed by atoms with Crippen molar-refractivity contribution >= 4 is 5.97 Å². The van der Waals surface area contributed by atoms with Crippen molar-refractivity contribution in [3.05, 3.63) is 70.8 Å². The van der Waals surface area contributed by atoms with Crippen LogP contribution in [-0.2, 0) is 4.74 Å². The number of ether oxygens (including phenoxy) is 2. The number of nitrogens with zero attached hydrogens (tertiary/aromatic N) is 1. The van der Waals surface area contributed by atoms with Crippen molar-refractivity contribution < 1.29 is 14.3 Å². The van der Waals surface area contributed by atoms with Gasteiger partial charge in [-0.2, -0.15) is 0 Å². The van der Waals surface area contributed by atoms with Crippen molar-refractivity contribution in [2.45, 2.75) is 0 Å². The number of aromatic amines is 1. The number of nitrogens with one attached hydrogen (secondary N) is 1. The van der Waals surface area contributed by atoms with Gasteiger partial charge in [-0.05, 0) is 35.9 Å². The van der Waals surface area contributed by atoms with E-state index in [1.807, 2.05) is 24.3 Å². The van der Waals surface area contributed by atoms with Crippen LogP contribution in [0.4, 0.5) is 0 Å². The largest absolute Gasteiger partial charge is 0.497 e. The minimum Gasteiger partial charge on any atom is -0.497 e. The van der Waals surface area contributed by atoms with Crippen molar-refractivity contribution in [3.63, 3.8) is 0 Å². The van der Waals surface area contributed by atoms with Gasteiger partial charge in [0.2, 0.25) is 0 Å². The first-order valence-electron chi connectivity index (χ1n) is 7.54. The van der Waals surface area contributed by atoms with Gasteiger partial charge in [0.25, 0.3) is 5.56 Å². The maximum absolute atomic E-state index is 12.3. The highest BCUT2D eigenvalue weighted by atomic mass is 16.5. The zero-order valence-electron chi connectivity index (χ0n) is 13.8. The molecule has 0 atom stereocenters. The molecule has 25 heavy (non-hydrogen) atoms. The van der Waals surface area contributed by atoms with Crippen LogP contribution in [0.25, 0.3) is 22.4 Å². The van der Waals surface area contributed by atoms with Gasteiger partial charge in [0.05, 0.1) is 19.9 Å². The molecule has 0 saturated carbocycles. The molecule has 0 amide bonds. The smallest absolute Gasteiger partial charge is 0.343 e. The molecule has 3 aromatic rings. The van der Waals surface area contributed by atoms with E-state index in [0.717, 1.165) is 11.1 Å². The van der Waals surface area contributed by atoms with Crippen molar-refractivity contribution in [2.24, 2.45) is 0 Å². The number of H-pyrrole nitrogens is 1. The molecular formula is C19H16N2O4. The maximum Gasteiger partial charge on any atom is 0.343 e. The lowest BCUT2D eigenvalue weighted by Gasteiger charge is -2.12. The first-order valence-corrected chi connectivity index (χ1v) is 7.54. The highest BCUT2D eigenvalue weighted by Crippen LogP contribution is 2.31. The molecule has 6 heteroatoms. The summed E-state index contributed by atoms with van der Waals surface area (Å²) in [7, 11) is 2.83. The number of hydrogen-bond acceptors (Lipinski definition) is 5. The van der Waals surface area contributed by atoms with E-state index in [2.05, 4.69) is 9.97 Å². The Hall–Kier alpha value is -3.41. The molecular weight excluding hydrogens is 320 g/mol. The van der Waals surface area contributed by atoms with Crippen LogP contribution in [0.3, 0.4) is 0 Å². The standard InChI is InChI=1S/C19H16N2O4/c1-24-14-5-3-12(4-6-14)15-11-16(19(23)25-2)18(22)21-17(15)13-7-9-20-10-8-13/h3-11H,1-2H3,(H,21,22). The fourth-order valence-corrected chi connectivity index (χ4v) is 2.54. The third-order valence-electron chi connectivity index (χ3n) is 3.82. The van der Waals surface area contributed by atoms with E-state index in [4.69, 9.17) is 9.47 Å². The van der Waals surface area contributed by atoms with Crippen molar-refractivity contribution in [3.8, 4) is 28.1 Å². The Morgan fingerprint density at radius 1 is 1.00 bits per heavy atom. The monoisotopic (exact) mass is 336 g/mol. The first kappa shape index (κ1) is 16.4. The number of methoxy groups -OCH3 is 2. The van der Waals surface area contributed by atoms with E-state index in [0.29, 0.717) is 17.0 Å². The Balaban J connectivity index is 2.25. The zero-order valence-corrected chi connectivity index (χ0v) is 13.8. The van der Waals surface area contributed by atoms with Gasteiger partial charge in [-0.1, -0.05) is 12.1 Å². The summed E-state index contributed by atoms with van der Waals surface area (Å²) in [6.45, 7) is 0. The van der Waals surface area contributed by atoms with Crippen LogP contribution in [0.1, 0.15) is 10.4 Å². The van der Waals surface area contributed by atoms with E-state index in [-0.39, 0.29) is 5.56 Å². The number of esters is 1. The van der Waals surface area contributed by atoms with Crippen molar-refractivity contribution in [1.82, 2.24) is 9.97 Å². The number of rotatable bonds is 4. The van der Waals surface area contributed by atoms with Crippen LogP contribution in [0.15, 0.2) is 59.7 Å². The summed E-state index contributed by atoms with van der Waals surface area (Å²) < 4.78 is 9.88. The number of pyridine rings is 2. The summed E-state index contributed by atoms with van der Waals surface area (Å²) in [4.78, 5) is 31.0. The van der Waals surface area contributed by atoms with E-state index < -0.39 is 11.5 Å². The summed E-state index contributed by atoms with van der Waals surface area (Å²) in [5, 5.41) is 0. The molecule has 1 aromatic carbocycles. The average molecular weight is 336 g/mol. The minimum absolute atomic E-state index is 0.0499. The number of carbonyl (C=O) groups excluding carboxylic acids is 1. The molecule has 0 aliphatic rings. The number of carbonyl (C=O) groups is 1. The molecule has 126 valence electrons. The molecule has 0 saturated heterocycles. The molecule has 0 radical (unpaired) electrons. The SMILES string of the molecule is COC(=O)c1cc(-c2ccc(OC)cc2)c(-c2ccncc2)[nH]c1=O. The lowest BCUT2D eigenvalue weighted by atomic mass is 9.98.